The summed E-state index contributed by atoms with van der Waals surface area (Å²) < 4.78 is 0. The molecule has 0 atom stereocenters. The maximum atomic E-state index is 12.6. The van der Waals surface area contributed by atoms with E-state index in [0.29, 0.717) is 10.5 Å². The first-order chi connectivity index (χ1) is 11.6. The van der Waals surface area contributed by atoms with Crippen LogP contribution in [0.5, 0.6) is 0 Å². The molecular weight excluding hydrogens is 308 g/mol. The molecule has 24 heavy (non-hydrogen) atoms. The molecule has 0 radical (unpaired) electrons. The third-order valence-electron chi connectivity index (χ3n) is 3.71. The van der Waals surface area contributed by atoms with Crippen molar-refractivity contribution in [2.24, 2.45) is 0 Å². The van der Waals surface area contributed by atoms with E-state index in [1.54, 1.807) is 48.5 Å². The number of benzene rings is 2. The van der Waals surface area contributed by atoms with Crippen molar-refractivity contribution in [1.82, 2.24) is 9.80 Å². The Balaban J connectivity index is 1.88. The first-order valence-corrected chi connectivity index (χ1v) is 7.43. The number of carbonyl (C=O) groups excluding carboxylic acids is 4. The van der Waals surface area contributed by atoms with Crippen LogP contribution in [0.1, 0.15) is 27.1 Å². The summed E-state index contributed by atoms with van der Waals surface area (Å²) in [4.78, 5) is 51.0. The lowest BCUT2D eigenvalue weighted by Crippen LogP contribution is -2.56. The van der Waals surface area contributed by atoms with Gasteiger partial charge in [-0.1, -0.05) is 36.4 Å². The summed E-state index contributed by atoms with van der Waals surface area (Å²) in [5.74, 6) is -1.86. The van der Waals surface area contributed by atoms with Gasteiger partial charge in [0.15, 0.2) is 0 Å². The summed E-state index contributed by atoms with van der Waals surface area (Å²) in [6.45, 7) is -0.0377. The lowest BCUT2D eigenvalue weighted by atomic mass is 10.1. The smallest absolute Gasteiger partial charge is 0.274 e. The average molecular weight is 322 g/mol. The average Bonchev–Trinajstić information content (AvgIpc) is 2.63. The van der Waals surface area contributed by atoms with Crippen LogP contribution >= 0.6 is 0 Å². The fourth-order valence-electron chi connectivity index (χ4n) is 2.48. The van der Waals surface area contributed by atoms with Crippen molar-refractivity contribution in [2.45, 2.75) is 6.42 Å². The van der Waals surface area contributed by atoms with Gasteiger partial charge in [0, 0.05) is 24.1 Å². The number of nitrogens with zero attached hydrogens (tertiary/aromatic N) is 2. The summed E-state index contributed by atoms with van der Waals surface area (Å²) in [6, 6.07) is 15.4. The quantitative estimate of drug-likeness (QED) is 0.795. The van der Waals surface area contributed by atoms with Gasteiger partial charge in [-0.15, -0.1) is 0 Å². The van der Waals surface area contributed by atoms with Crippen LogP contribution in [-0.2, 0) is 4.79 Å². The molecule has 0 saturated carbocycles. The van der Waals surface area contributed by atoms with E-state index in [1.807, 2.05) is 0 Å². The van der Waals surface area contributed by atoms with E-state index < -0.39 is 23.8 Å². The molecule has 0 spiro atoms. The highest BCUT2D eigenvalue weighted by molar-refractivity contribution is 6.20. The molecule has 6 heteroatoms. The molecule has 0 aromatic heterocycles. The van der Waals surface area contributed by atoms with Crippen molar-refractivity contribution in [3.05, 3.63) is 71.8 Å². The van der Waals surface area contributed by atoms with Gasteiger partial charge in [-0.3, -0.25) is 19.3 Å². The minimum Gasteiger partial charge on any atom is -0.274 e. The molecular formula is C18H14N2O4. The molecule has 120 valence electrons. The molecule has 1 aliphatic rings. The van der Waals surface area contributed by atoms with Crippen LogP contribution < -0.4 is 0 Å². The third-order valence-corrected chi connectivity index (χ3v) is 3.71. The maximum absolute atomic E-state index is 12.6. The summed E-state index contributed by atoms with van der Waals surface area (Å²) in [5, 5.41) is 0. The number of imide groups is 4. The Morgan fingerprint density at radius 2 is 1.25 bits per heavy atom. The fraction of sp³-hybridized carbons (Fsp3) is 0.111. The Hall–Kier alpha value is -3.28. The van der Waals surface area contributed by atoms with Gasteiger partial charge in [0.2, 0.25) is 5.91 Å². The number of urea groups is 1. The van der Waals surface area contributed by atoms with E-state index in [4.69, 9.17) is 0 Å². The predicted molar refractivity (Wildman–Crippen MR) is 85.1 cm³/mol. The zero-order chi connectivity index (χ0) is 17.1. The summed E-state index contributed by atoms with van der Waals surface area (Å²) >= 11 is 0. The van der Waals surface area contributed by atoms with E-state index in [0.717, 1.165) is 4.90 Å². The number of hydrogen-bond donors (Lipinski definition) is 0. The Morgan fingerprint density at radius 3 is 1.79 bits per heavy atom. The molecule has 1 saturated heterocycles. The number of rotatable bonds is 2. The first kappa shape index (κ1) is 15.6. The van der Waals surface area contributed by atoms with Gasteiger partial charge in [0.1, 0.15) is 0 Å². The minimum absolute atomic E-state index is 0.0377. The SMILES string of the molecule is O=C(c1ccccc1)N1CCC(=O)N(C(=O)c2ccccc2)C1=O. The normalized spacial score (nSPS) is 14.7. The highest BCUT2D eigenvalue weighted by Gasteiger charge is 2.40. The third kappa shape index (κ3) is 2.81. The highest BCUT2D eigenvalue weighted by atomic mass is 16.2. The monoisotopic (exact) mass is 322 g/mol. The summed E-state index contributed by atoms with van der Waals surface area (Å²) in [5.41, 5.74) is 0.542. The van der Waals surface area contributed by atoms with Gasteiger partial charge >= 0.3 is 6.03 Å². The second kappa shape index (κ2) is 6.45. The van der Waals surface area contributed by atoms with Crippen LogP contribution in [0.4, 0.5) is 4.79 Å². The van der Waals surface area contributed by atoms with E-state index in [2.05, 4.69) is 0 Å². The minimum atomic E-state index is -0.908. The predicted octanol–water partition coefficient (Wildman–Crippen LogP) is 2.32. The number of amides is 5. The molecule has 6 nitrogen and oxygen atoms in total. The maximum Gasteiger partial charge on any atom is 0.340 e. The lowest BCUT2D eigenvalue weighted by Gasteiger charge is -2.31. The molecule has 0 unspecified atom stereocenters. The van der Waals surface area contributed by atoms with Gasteiger partial charge in [0.05, 0.1) is 0 Å². The van der Waals surface area contributed by atoms with Crippen LogP contribution in [0.15, 0.2) is 60.7 Å². The molecule has 1 heterocycles. The van der Waals surface area contributed by atoms with E-state index in [1.165, 1.54) is 12.1 Å². The van der Waals surface area contributed by atoms with E-state index >= 15 is 0 Å². The van der Waals surface area contributed by atoms with Crippen LogP contribution in [0, 0.1) is 0 Å². The Bertz CT molecular complexity index is 802. The zero-order valence-corrected chi connectivity index (χ0v) is 12.7. The van der Waals surface area contributed by atoms with Gasteiger partial charge in [0.25, 0.3) is 11.8 Å². The topological polar surface area (TPSA) is 74.8 Å². The van der Waals surface area contributed by atoms with Crippen LogP contribution in [0.3, 0.4) is 0 Å². The zero-order valence-electron chi connectivity index (χ0n) is 12.7. The Labute approximate surface area is 138 Å². The largest absolute Gasteiger partial charge is 0.340 e. The van der Waals surface area contributed by atoms with Crippen LogP contribution in [0.2, 0.25) is 0 Å². The van der Waals surface area contributed by atoms with Crippen molar-refractivity contribution in [3.8, 4) is 0 Å². The number of hydrogen-bond acceptors (Lipinski definition) is 4. The Morgan fingerprint density at radius 1 is 0.750 bits per heavy atom. The molecule has 3 rings (SSSR count). The van der Waals surface area contributed by atoms with Crippen molar-refractivity contribution < 1.29 is 19.2 Å². The highest BCUT2D eigenvalue weighted by Crippen LogP contribution is 2.17. The molecule has 2 aromatic rings. The van der Waals surface area contributed by atoms with Gasteiger partial charge in [-0.25, -0.2) is 4.79 Å². The van der Waals surface area contributed by atoms with Crippen LogP contribution in [-0.4, -0.2) is 40.1 Å². The summed E-state index contributed by atoms with van der Waals surface area (Å²) in [6.07, 6.45) is -0.0805. The lowest BCUT2D eigenvalue weighted by molar-refractivity contribution is -0.128. The molecule has 0 aliphatic carbocycles. The molecule has 5 amide bonds. The van der Waals surface area contributed by atoms with E-state index in [9.17, 15) is 19.2 Å². The standard InChI is InChI=1S/C18H14N2O4/c21-15-11-12-19(16(22)13-7-3-1-4-8-13)18(24)20(15)17(23)14-9-5-2-6-10-14/h1-10H,11-12H2. The summed E-state index contributed by atoms with van der Waals surface area (Å²) in [7, 11) is 0. The second-order valence-electron chi connectivity index (χ2n) is 5.26. The van der Waals surface area contributed by atoms with Crippen molar-refractivity contribution in [1.29, 1.82) is 0 Å². The number of carbonyl (C=O) groups is 4. The van der Waals surface area contributed by atoms with Crippen molar-refractivity contribution >= 4 is 23.8 Å². The van der Waals surface area contributed by atoms with E-state index in [-0.39, 0.29) is 18.5 Å². The molecule has 2 aromatic carbocycles. The second-order valence-corrected chi connectivity index (χ2v) is 5.26. The van der Waals surface area contributed by atoms with Crippen molar-refractivity contribution in [3.63, 3.8) is 0 Å². The molecule has 0 N–H and O–H groups in total. The molecule has 1 aliphatic heterocycles. The van der Waals surface area contributed by atoms with Gasteiger partial charge in [-0.05, 0) is 24.3 Å². The Kier molecular flexibility index (Phi) is 4.20. The first-order valence-electron chi connectivity index (χ1n) is 7.43. The van der Waals surface area contributed by atoms with Gasteiger partial charge < -0.3 is 0 Å². The van der Waals surface area contributed by atoms with Crippen molar-refractivity contribution in [2.75, 3.05) is 6.54 Å². The van der Waals surface area contributed by atoms with Gasteiger partial charge in [-0.2, -0.15) is 4.90 Å². The van der Waals surface area contributed by atoms with Crippen LogP contribution in [0.25, 0.3) is 0 Å². The molecule has 0 bridgehead atoms. The molecule has 1 fully saturated rings. The fourth-order valence-corrected chi connectivity index (χ4v) is 2.48.